The second kappa shape index (κ2) is 6.96. The van der Waals surface area contributed by atoms with Crippen LogP contribution in [0, 0.1) is 6.92 Å². The van der Waals surface area contributed by atoms with Gasteiger partial charge in [0.15, 0.2) is 6.10 Å². The zero-order valence-corrected chi connectivity index (χ0v) is 14.0. The number of amides is 1. The van der Waals surface area contributed by atoms with Crippen LogP contribution in [0.4, 0.5) is 5.69 Å². The van der Waals surface area contributed by atoms with Gasteiger partial charge in [0, 0.05) is 10.2 Å². The Morgan fingerprint density at radius 3 is 2.67 bits per heavy atom. The quantitative estimate of drug-likeness (QED) is 0.840. The molecule has 0 saturated carbocycles. The van der Waals surface area contributed by atoms with Crippen molar-refractivity contribution >= 4 is 39.1 Å². The fourth-order valence-corrected chi connectivity index (χ4v) is 2.18. The number of hydrogen-bond donors (Lipinski definition) is 1. The molecular formula is C16H15BrClNO2. The zero-order chi connectivity index (χ0) is 15.4. The maximum atomic E-state index is 12.1. The molecule has 2 rings (SSSR count). The normalized spacial score (nSPS) is 11.8. The van der Waals surface area contributed by atoms with Crippen LogP contribution in [0.5, 0.6) is 5.75 Å². The Morgan fingerprint density at radius 2 is 2.00 bits per heavy atom. The van der Waals surface area contributed by atoms with Gasteiger partial charge in [0.1, 0.15) is 5.75 Å². The number of benzene rings is 2. The molecule has 0 fully saturated rings. The lowest BCUT2D eigenvalue weighted by atomic mass is 10.2. The van der Waals surface area contributed by atoms with E-state index in [-0.39, 0.29) is 5.91 Å². The summed E-state index contributed by atoms with van der Waals surface area (Å²) in [4.78, 5) is 12.1. The van der Waals surface area contributed by atoms with Gasteiger partial charge in [0.05, 0.1) is 5.02 Å². The van der Waals surface area contributed by atoms with Crippen LogP contribution in [0.3, 0.4) is 0 Å². The van der Waals surface area contributed by atoms with Crippen LogP contribution in [0.1, 0.15) is 12.5 Å². The maximum absolute atomic E-state index is 12.1. The Bertz CT molecular complexity index is 660. The third-order valence-electron chi connectivity index (χ3n) is 2.95. The molecule has 1 N–H and O–H groups in total. The molecule has 0 radical (unpaired) electrons. The summed E-state index contributed by atoms with van der Waals surface area (Å²) in [6.07, 6.45) is -0.603. The van der Waals surface area contributed by atoms with Crippen molar-refractivity contribution in [2.75, 3.05) is 5.32 Å². The molecule has 2 aromatic rings. The molecule has 0 aliphatic rings. The van der Waals surface area contributed by atoms with Crippen molar-refractivity contribution in [3.63, 3.8) is 0 Å². The first-order chi connectivity index (χ1) is 9.97. The highest BCUT2D eigenvalue weighted by molar-refractivity contribution is 9.10. The van der Waals surface area contributed by atoms with Gasteiger partial charge >= 0.3 is 0 Å². The molecule has 0 heterocycles. The molecule has 110 valence electrons. The predicted octanol–water partition coefficient (Wildman–Crippen LogP) is 4.82. The summed E-state index contributed by atoms with van der Waals surface area (Å²) in [7, 11) is 0. The minimum absolute atomic E-state index is 0.225. The molecule has 2 aromatic carbocycles. The highest BCUT2D eigenvalue weighted by Crippen LogP contribution is 2.25. The minimum Gasteiger partial charge on any atom is -0.481 e. The smallest absolute Gasteiger partial charge is 0.265 e. The van der Waals surface area contributed by atoms with Gasteiger partial charge in [-0.05, 0) is 59.6 Å². The average molecular weight is 369 g/mol. The van der Waals surface area contributed by atoms with E-state index in [0.29, 0.717) is 16.5 Å². The van der Waals surface area contributed by atoms with E-state index in [0.717, 1.165) is 10.0 Å². The van der Waals surface area contributed by atoms with Crippen LogP contribution in [0.2, 0.25) is 5.02 Å². The summed E-state index contributed by atoms with van der Waals surface area (Å²) in [6.45, 7) is 3.65. The van der Waals surface area contributed by atoms with E-state index in [4.69, 9.17) is 16.3 Å². The molecule has 0 aliphatic carbocycles. The molecule has 0 bridgehead atoms. The number of hydrogen-bond acceptors (Lipinski definition) is 2. The summed E-state index contributed by atoms with van der Waals surface area (Å²) >= 11 is 9.31. The second-order valence-corrected chi connectivity index (χ2v) is 5.91. The number of aryl methyl sites for hydroxylation is 1. The van der Waals surface area contributed by atoms with Crippen molar-refractivity contribution in [3.05, 3.63) is 57.5 Å². The first-order valence-electron chi connectivity index (χ1n) is 6.45. The number of anilines is 1. The van der Waals surface area contributed by atoms with Gasteiger partial charge in [0.2, 0.25) is 0 Å². The van der Waals surface area contributed by atoms with Gasteiger partial charge < -0.3 is 10.1 Å². The van der Waals surface area contributed by atoms with Crippen molar-refractivity contribution in [1.29, 1.82) is 0 Å². The molecular weight excluding hydrogens is 354 g/mol. The van der Waals surface area contributed by atoms with Crippen molar-refractivity contribution in [1.82, 2.24) is 0 Å². The second-order valence-electron chi connectivity index (χ2n) is 4.64. The first kappa shape index (κ1) is 15.9. The van der Waals surface area contributed by atoms with E-state index in [1.54, 1.807) is 25.1 Å². The predicted molar refractivity (Wildman–Crippen MR) is 89.1 cm³/mol. The summed E-state index contributed by atoms with van der Waals surface area (Å²) in [5.74, 6) is 0.477. The number of carbonyl (C=O) groups is 1. The van der Waals surface area contributed by atoms with E-state index in [1.807, 2.05) is 31.2 Å². The van der Waals surface area contributed by atoms with Gasteiger partial charge in [-0.3, -0.25) is 4.79 Å². The molecule has 21 heavy (non-hydrogen) atoms. The highest BCUT2D eigenvalue weighted by Gasteiger charge is 2.16. The Balaban J connectivity index is 2.02. The number of rotatable bonds is 4. The fourth-order valence-electron chi connectivity index (χ4n) is 1.75. The lowest BCUT2D eigenvalue weighted by Gasteiger charge is -2.16. The molecule has 0 saturated heterocycles. The standard InChI is InChI=1S/C16H15BrClNO2/c1-10-5-3-4-6-15(10)21-11(2)16(20)19-12-7-8-13(17)14(18)9-12/h3-9,11H,1-2H3,(H,19,20)/t11-/m1/s1. The van der Waals surface area contributed by atoms with Gasteiger partial charge in [-0.25, -0.2) is 0 Å². The van der Waals surface area contributed by atoms with E-state index < -0.39 is 6.10 Å². The van der Waals surface area contributed by atoms with E-state index in [2.05, 4.69) is 21.2 Å². The van der Waals surface area contributed by atoms with Crippen LogP contribution in [-0.4, -0.2) is 12.0 Å². The van der Waals surface area contributed by atoms with Crippen LogP contribution in [0.15, 0.2) is 46.9 Å². The van der Waals surface area contributed by atoms with Crippen molar-refractivity contribution in [3.8, 4) is 5.75 Å². The van der Waals surface area contributed by atoms with Crippen LogP contribution < -0.4 is 10.1 Å². The Morgan fingerprint density at radius 1 is 1.29 bits per heavy atom. The molecule has 0 spiro atoms. The number of para-hydroxylation sites is 1. The molecule has 0 aliphatic heterocycles. The van der Waals surface area contributed by atoms with E-state index in [1.165, 1.54) is 0 Å². The van der Waals surface area contributed by atoms with E-state index >= 15 is 0 Å². The fraction of sp³-hybridized carbons (Fsp3) is 0.188. The zero-order valence-electron chi connectivity index (χ0n) is 11.7. The lowest BCUT2D eigenvalue weighted by molar-refractivity contribution is -0.122. The maximum Gasteiger partial charge on any atom is 0.265 e. The highest BCUT2D eigenvalue weighted by atomic mass is 79.9. The number of nitrogens with one attached hydrogen (secondary N) is 1. The van der Waals surface area contributed by atoms with E-state index in [9.17, 15) is 4.79 Å². The molecule has 5 heteroatoms. The molecule has 3 nitrogen and oxygen atoms in total. The third kappa shape index (κ3) is 4.22. The summed E-state index contributed by atoms with van der Waals surface area (Å²) in [5.41, 5.74) is 1.62. The summed E-state index contributed by atoms with van der Waals surface area (Å²) in [6, 6.07) is 12.8. The Kier molecular flexibility index (Phi) is 5.26. The topological polar surface area (TPSA) is 38.3 Å². The third-order valence-corrected chi connectivity index (χ3v) is 4.19. The van der Waals surface area contributed by atoms with Crippen LogP contribution >= 0.6 is 27.5 Å². The Hall–Kier alpha value is -1.52. The number of carbonyl (C=O) groups excluding carboxylic acids is 1. The van der Waals surface area contributed by atoms with Crippen molar-refractivity contribution in [2.24, 2.45) is 0 Å². The van der Waals surface area contributed by atoms with Crippen LogP contribution in [0.25, 0.3) is 0 Å². The first-order valence-corrected chi connectivity index (χ1v) is 7.62. The van der Waals surface area contributed by atoms with Crippen molar-refractivity contribution < 1.29 is 9.53 Å². The molecule has 0 unspecified atom stereocenters. The monoisotopic (exact) mass is 367 g/mol. The molecule has 0 aromatic heterocycles. The SMILES string of the molecule is Cc1ccccc1O[C@H](C)C(=O)Nc1ccc(Br)c(Cl)c1. The van der Waals surface area contributed by atoms with Gasteiger partial charge in [-0.2, -0.15) is 0 Å². The van der Waals surface area contributed by atoms with Gasteiger partial charge in [0.25, 0.3) is 5.91 Å². The summed E-state index contributed by atoms with van der Waals surface area (Å²) < 4.78 is 6.46. The van der Waals surface area contributed by atoms with Crippen molar-refractivity contribution in [2.45, 2.75) is 20.0 Å². The Labute approximate surface area is 137 Å². The number of ether oxygens (including phenoxy) is 1. The average Bonchev–Trinajstić information content (AvgIpc) is 2.45. The minimum atomic E-state index is -0.603. The van der Waals surface area contributed by atoms with Gasteiger partial charge in [-0.15, -0.1) is 0 Å². The molecule has 1 amide bonds. The van der Waals surface area contributed by atoms with Gasteiger partial charge in [-0.1, -0.05) is 29.8 Å². The number of halogens is 2. The molecule has 1 atom stereocenters. The van der Waals surface area contributed by atoms with Crippen LogP contribution in [-0.2, 0) is 4.79 Å². The lowest BCUT2D eigenvalue weighted by Crippen LogP contribution is -2.30. The summed E-state index contributed by atoms with van der Waals surface area (Å²) in [5, 5.41) is 3.32. The largest absolute Gasteiger partial charge is 0.481 e.